The van der Waals surface area contributed by atoms with Gasteiger partial charge in [0.2, 0.25) is 0 Å². The number of hydrogen-bond donors (Lipinski definition) is 1. The lowest BCUT2D eigenvalue weighted by molar-refractivity contribution is -0.143. The van der Waals surface area contributed by atoms with Crippen molar-refractivity contribution in [3.63, 3.8) is 0 Å². The third-order valence-electron chi connectivity index (χ3n) is 7.92. The number of benzene rings is 2. The predicted molar refractivity (Wildman–Crippen MR) is 150 cm³/mol. The summed E-state index contributed by atoms with van der Waals surface area (Å²) >= 11 is 0. The van der Waals surface area contributed by atoms with E-state index in [1.54, 1.807) is 36.1 Å². The maximum absolute atomic E-state index is 15.0. The number of carbonyl (C=O) groups is 1. The number of nitrogens with zero attached hydrogens (tertiary/aromatic N) is 5. The van der Waals surface area contributed by atoms with Crippen LogP contribution in [0, 0.1) is 18.6 Å². The first-order chi connectivity index (χ1) is 20.9. The lowest BCUT2D eigenvalue weighted by Crippen LogP contribution is -2.55. The second-order valence-electron chi connectivity index (χ2n) is 10.5. The number of aliphatic hydroxyl groups is 1. The molecule has 1 aliphatic heterocycles. The summed E-state index contributed by atoms with van der Waals surface area (Å²) in [5, 5.41) is 14.0. The quantitative estimate of drug-likeness (QED) is 0.295. The van der Waals surface area contributed by atoms with Gasteiger partial charge in [-0.1, -0.05) is 0 Å². The third kappa shape index (κ3) is 5.43. The number of alkyl halides is 3. The number of amides is 1. The molecule has 1 aliphatic rings. The number of aromatic nitrogens is 3. The molecule has 234 valence electrons. The number of methoxy groups -OCH3 is 2. The van der Waals surface area contributed by atoms with Gasteiger partial charge < -0.3 is 19.5 Å². The highest BCUT2D eigenvalue weighted by molar-refractivity contribution is 6.00. The second-order valence-corrected chi connectivity index (χ2v) is 10.5. The van der Waals surface area contributed by atoms with Gasteiger partial charge in [0, 0.05) is 42.4 Å². The first kappa shape index (κ1) is 31.1. The van der Waals surface area contributed by atoms with Crippen molar-refractivity contribution in [3.8, 4) is 22.8 Å². The molecule has 0 bridgehead atoms. The van der Waals surface area contributed by atoms with Crippen molar-refractivity contribution in [3.05, 3.63) is 76.6 Å². The monoisotopic (exact) mass is 619 g/mol. The molecule has 1 saturated heterocycles. The van der Waals surface area contributed by atoms with Crippen LogP contribution in [0.5, 0.6) is 11.5 Å². The number of piperazine rings is 1. The minimum Gasteiger partial charge on any atom is -0.497 e. The number of rotatable bonds is 7. The second kappa shape index (κ2) is 12.0. The van der Waals surface area contributed by atoms with Crippen LogP contribution in [0.3, 0.4) is 0 Å². The van der Waals surface area contributed by atoms with Crippen molar-refractivity contribution in [1.29, 1.82) is 0 Å². The summed E-state index contributed by atoms with van der Waals surface area (Å²) < 4.78 is 83.5. The Balaban J connectivity index is 1.49. The molecule has 1 fully saturated rings. The largest absolute Gasteiger partial charge is 0.497 e. The van der Waals surface area contributed by atoms with Gasteiger partial charge in [-0.05, 0) is 50.2 Å². The molecule has 9 nitrogen and oxygen atoms in total. The van der Waals surface area contributed by atoms with Gasteiger partial charge in [0.1, 0.15) is 17.1 Å². The maximum atomic E-state index is 15.0. The van der Waals surface area contributed by atoms with E-state index in [9.17, 15) is 27.5 Å². The topological polar surface area (TPSA) is 92.4 Å². The van der Waals surface area contributed by atoms with E-state index in [4.69, 9.17) is 9.47 Å². The van der Waals surface area contributed by atoms with Gasteiger partial charge in [0.15, 0.2) is 22.9 Å². The van der Waals surface area contributed by atoms with Gasteiger partial charge in [0.05, 0.1) is 38.8 Å². The molecular weight excluding hydrogens is 589 g/mol. The van der Waals surface area contributed by atoms with E-state index in [1.165, 1.54) is 26.0 Å². The SMILES string of the molecule is COc1ccc(-c2nc3c(C(=O)N4CCN(C(CO)c5c(F)ccc(OC)c5F)C[C@H]4C)cnn3c(C(F)(F)F)c2C)cc1. The van der Waals surface area contributed by atoms with Crippen LogP contribution < -0.4 is 9.47 Å². The zero-order valence-corrected chi connectivity index (χ0v) is 24.3. The van der Waals surface area contributed by atoms with Crippen LogP contribution in [0.4, 0.5) is 22.0 Å². The summed E-state index contributed by atoms with van der Waals surface area (Å²) in [5.74, 6) is -2.05. The lowest BCUT2D eigenvalue weighted by Gasteiger charge is -2.43. The molecule has 2 atom stereocenters. The van der Waals surface area contributed by atoms with E-state index < -0.39 is 48.1 Å². The number of fused-ring (bicyclic) bond motifs is 1. The first-order valence-corrected chi connectivity index (χ1v) is 13.7. The van der Waals surface area contributed by atoms with Crippen LogP contribution in [0.1, 0.15) is 40.1 Å². The molecule has 0 radical (unpaired) electrons. The van der Waals surface area contributed by atoms with E-state index in [2.05, 4.69) is 10.1 Å². The summed E-state index contributed by atoms with van der Waals surface area (Å²) in [6.45, 7) is 2.68. The molecule has 14 heteroatoms. The van der Waals surface area contributed by atoms with E-state index in [-0.39, 0.29) is 53.4 Å². The fraction of sp³-hybridized carbons (Fsp3) is 0.367. The van der Waals surface area contributed by atoms with Gasteiger partial charge in [-0.15, -0.1) is 0 Å². The zero-order valence-electron chi connectivity index (χ0n) is 24.3. The Kier molecular flexibility index (Phi) is 8.49. The van der Waals surface area contributed by atoms with Gasteiger partial charge in [0.25, 0.3) is 5.91 Å². The molecule has 1 amide bonds. The molecule has 3 heterocycles. The van der Waals surface area contributed by atoms with Crippen LogP contribution in [0.25, 0.3) is 16.9 Å². The molecule has 1 N–H and O–H groups in total. The normalized spacial score (nSPS) is 16.8. The smallest absolute Gasteiger partial charge is 0.433 e. The first-order valence-electron chi connectivity index (χ1n) is 13.7. The summed E-state index contributed by atoms with van der Waals surface area (Å²) in [5.41, 5.74) is -1.54. The Morgan fingerprint density at radius 3 is 2.39 bits per heavy atom. The van der Waals surface area contributed by atoms with E-state index in [0.717, 1.165) is 18.3 Å². The minimum atomic E-state index is -4.80. The highest BCUT2D eigenvalue weighted by Gasteiger charge is 2.40. The molecule has 1 unspecified atom stereocenters. The number of hydrogen-bond acceptors (Lipinski definition) is 7. The average Bonchev–Trinajstić information content (AvgIpc) is 3.41. The summed E-state index contributed by atoms with van der Waals surface area (Å²) in [6.07, 6.45) is -3.74. The number of halogens is 5. The van der Waals surface area contributed by atoms with E-state index in [0.29, 0.717) is 15.8 Å². The van der Waals surface area contributed by atoms with E-state index >= 15 is 4.39 Å². The van der Waals surface area contributed by atoms with Crippen molar-refractivity contribution in [2.75, 3.05) is 40.5 Å². The van der Waals surface area contributed by atoms with E-state index in [1.807, 2.05) is 0 Å². The minimum absolute atomic E-state index is 0.0352. The summed E-state index contributed by atoms with van der Waals surface area (Å²) in [6, 6.07) is 6.95. The van der Waals surface area contributed by atoms with Crippen LogP contribution in [-0.2, 0) is 6.18 Å². The van der Waals surface area contributed by atoms with Crippen molar-refractivity contribution >= 4 is 11.6 Å². The van der Waals surface area contributed by atoms with Crippen molar-refractivity contribution < 1.29 is 41.3 Å². The Bertz CT molecular complexity index is 1690. The van der Waals surface area contributed by atoms with Crippen LogP contribution >= 0.6 is 0 Å². The zero-order chi connectivity index (χ0) is 31.9. The van der Waals surface area contributed by atoms with Crippen molar-refractivity contribution in [2.24, 2.45) is 0 Å². The van der Waals surface area contributed by atoms with Crippen LogP contribution in [0.2, 0.25) is 0 Å². The number of carbonyl (C=O) groups excluding carboxylic acids is 1. The maximum Gasteiger partial charge on any atom is 0.433 e. The fourth-order valence-electron chi connectivity index (χ4n) is 5.71. The number of aliphatic hydroxyl groups excluding tert-OH is 1. The summed E-state index contributed by atoms with van der Waals surface area (Å²) in [7, 11) is 2.71. The van der Waals surface area contributed by atoms with Crippen molar-refractivity contribution in [2.45, 2.75) is 32.1 Å². The molecule has 44 heavy (non-hydrogen) atoms. The van der Waals surface area contributed by atoms with Gasteiger partial charge in [-0.25, -0.2) is 18.3 Å². The number of ether oxygens (including phenoxy) is 2. The highest BCUT2D eigenvalue weighted by atomic mass is 19.4. The van der Waals surface area contributed by atoms with Crippen molar-refractivity contribution in [1.82, 2.24) is 24.4 Å². The Morgan fingerprint density at radius 2 is 1.80 bits per heavy atom. The fourth-order valence-corrected chi connectivity index (χ4v) is 5.71. The Labute approximate surface area is 249 Å². The molecule has 0 aliphatic carbocycles. The van der Waals surface area contributed by atoms with Gasteiger partial charge >= 0.3 is 6.18 Å². The molecule has 2 aromatic carbocycles. The Morgan fingerprint density at radius 1 is 1.09 bits per heavy atom. The van der Waals surface area contributed by atoms with Crippen LogP contribution in [-0.4, -0.2) is 81.9 Å². The van der Waals surface area contributed by atoms with Gasteiger partial charge in [-0.3, -0.25) is 9.69 Å². The molecule has 5 rings (SSSR count). The van der Waals surface area contributed by atoms with Gasteiger partial charge in [-0.2, -0.15) is 18.3 Å². The molecule has 4 aromatic rings. The van der Waals surface area contributed by atoms with Crippen LogP contribution in [0.15, 0.2) is 42.6 Å². The molecule has 0 spiro atoms. The third-order valence-corrected chi connectivity index (χ3v) is 7.92. The Hall–Kier alpha value is -4.30. The lowest BCUT2D eigenvalue weighted by atomic mass is 10.0. The molecule has 0 saturated carbocycles. The average molecular weight is 620 g/mol. The summed E-state index contributed by atoms with van der Waals surface area (Å²) in [4.78, 5) is 21.4. The molecule has 2 aromatic heterocycles. The molecular formula is C30H30F5N5O4. The highest BCUT2D eigenvalue weighted by Crippen LogP contribution is 2.37. The predicted octanol–water partition coefficient (Wildman–Crippen LogP) is 4.90. The standard InChI is InChI=1S/C30H30F5N5O4/c1-16-14-38(22(15-41)24-21(31)9-10-23(44-4)25(24)32)11-12-39(16)29(42)20-13-36-40-27(30(33,34)35)17(2)26(37-28(20)40)18-5-7-19(43-3)8-6-18/h5-10,13,16,22,41H,11-12,14-15H2,1-4H3/t16-,22?/m1/s1.